The van der Waals surface area contributed by atoms with Gasteiger partial charge in [0.1, 0.15) is 10.8 Å². The maximum atomic E-state index is 12.4. The number of aromatic nitrogens is 1. The summed E-state index contributed by atoms with van der Waals surface area (Å²) in [6.07, 6.45) is 0.729. The molecule has 2 aromatic rings. The first-order chi connectivity index (χ1) is 10.2. The predicted molar refractivity (Wildman–Crippen MR) is 82.4 cm³/mol. The highest BCUT2D eigenvalue weighted by molar-refractivity contribution is 6.29. The van der Waals surface area contributed by atoms with Gasteiger partial charge in [0.05, 0.1) is 6.61 Å². The van der Waals surface area contributed by atoms with Crippen LogP contribution in [0.4, 0.5) is 0 Å². The first kappa shape index (κ1) is 15.5. The van der Waals surface area contributed by atoms with E-state index in [4.69, 9.17) is 16.7 Å². The molecule has 0 fully saturated rings. The third-order valence-electron chi connectivity index (χ3n) is 3.10. The van der Waals surface area contributed by atoms with E-state index in [-0.39, 0.29) is 24.2 Å². The molecule has 0 radical (unpaired) electrons. The molecular formula is C16H17ClN2O2. The van der Waals surface area contributed by atoms with Crippen LogP contribution in [0.15, 0.2) is 48.5 Å². The minimum atomic E-state index is -0.220. The second-order valence-corrected chi connectivity index (χ2v) is 4.98. The molecule has 0 atom stereocenters. The van der Waals surface area contributed by atoms with Gasteiger partial charge in [0.2, 0.25) is 0 Å². The van der Waals surface area contributed by atoms with Gasteiger partial charge in [0.25, 0.3) is 5.91 Å². The van der Waals surface area contributed by atoms with Gasteiger partial charge in [0.15, 0.2) is 0 Å². The number of amides is 1. The van der Waals surface area contributed by atoms with Gasteiger partial charge in [-0.2, -0.15) is 0 Å². The Kier molecular flexibility index (Phi) is 5.72. The molecule has 2 rings (SSSR count). The van der Waals surface area contributed by atoms with Gasteiger partial charge in [0, 0.05) is 13.1 Å². The van der Waals surface area contributed by atoms with Crippen LogP contribution in [-0.4, -0.2) is 40.6 Å². The molecule has 0 saturated carbocycles. The maximum Gasteiger partial charge on any atom is 0.272 e. The predicted octanol–water partition coefficient (Wildman–Crippen LogP) is 2.41. The number of carbonyl (C=O) groups excluding carboxylic acids is 1. The molecule has 0 aliphatic heterocycles. The highest BCUT2D eigenvalue weighted by Crippen LogP contribution is 2.09. The zero-order valence-corrected chi connectivity index (χ0v) is 12.3. The standard InChI is InChI=1S/C16H17ClN2O2/c17-15-8-4-7-14(18-15)16(21)19(11-12-20)10-9-13-5-2-1-3-6-13/h1-8,20H,9-12H2. The van der Waals surface area contributed by atoms with E-state index in [0.29, 0.717) is 12.2 Å². The summed E-state index contributed by atoms with van der Waals surface area (Å²) in [5, 5.41) is 9.43. The van der Waals surface area contributed by atoms with Crippen LogP contribution in [0.25, 0.3) is 0 Å². The van der Waals surface area contributed by atoms with Crippen molar-refractivity contribution in [3.8, 4) is 0 Å². The number of hydrogen-bond acceptors (Lipinski definition) is 3. The van der Waals surface area contributed by atoms with Crippen molar-refractivity contribution in [3.63, 3.8) is 0 Å². The normalized spacial score (nSPS) is 10.4. The monoisotopic (exact) mass is 304 g/mol. The van der Waals surface area contributed by atoms with Crippen molar-refractivity contribution in [1.29, 1.82) is 0 Å². The van der Waals surface area contributed by atoms with E-state index in [1.807, 2.05) is 30.3 Å². The lowest BCUT2D eigenvalue weighted by Gasteiger charge is -2.21. The van der Waals surface area contributed by atoms with Crippen LogP contribution in [0.3, 0.4) is 0 Å². The van der Waals surface area contributed by atoms with Gasteiger partial charge >= 0.3 is 0 Å². The lowest BCUT2D eigenvalue weighted by molar-refractivity contribution is 0.0718. The summed E-state index contributed by atoms with van der Waals surface area (Å²) >= 11 is 5.81. The number of rotatable bonds is 6. The smallest absolute Gasteiger partial charge is 0.272 e. The summed E-state index contributed by atoms with van der Waals surface area (Å²) in [7, 11) is 0. The third kappa shape index (κ3) is 4.55. The number of hydrogen-bond donors (Lipinski definition) is 1. The van der Waals surface area contributed by atoms with E-state index in [0.717, 1.165) is 12.0 Å². The largest absolute Gasteiger partial charge is 0.395 e. The highest BCUT2D eigenvalue weighted by atomic mass is 35.5. The molecule has 4 nitrogen and oxygen atoms in total. The minimum Gasteiger partial charge on any atom is -0.395 e. The summed E-state index contributed by atoms with van der Waals surface area (Å²) in [6, 6.07) is 14.9. The van der Waals surface area contributed by atoms with E-state index in [1.165, 1.54) is 0 Å². The zero-order valence-electron chi connectivity index (χ0n) is 11.6. The van der Waals surface area contributed by atoms with E-state index >= 15 is 0 Å². The van der Waals surface area contributed by atoms with Crippen molar-refractivity contribution in [2.75, 3.05) is 19.7 Å². The van der Waals surface area contributed by atoms with Crippen LogP contribution >= 0.6 is 11.6 Å². The average Bonchev–Trinajstić information content (AvgIpc) is 2.52. The average molecular weight is 305 g/mol. The molecule has 1 aromatic heterocycles. The SMILES string of the molecule is O=C(c1cccc(Cl)n1)N(CCO)CCc1ccccc1. The minimum absolute atomic E-state index is 0.0822. The maximum absolute atomic E-state index is 12.4. The molecule has 0 unspecified atom stereocenters. The Morgan fingerprint density at radius 2 is 1.86 bits per heavy atom. The first-order valence-corrected chi connectivity index (χ1v) is 7.15. The van der Waals surface area contributed by atoms with Gasteiger partial charge < -0.3 is 10.0 Å². The Labute approximate surface area is 129 Å². The summed E-state index contributed by atoms with van der Waals surface area (Å²) in [5.41, 5.74) is 1.44. The Morgan fingerprint density at radius 1 is 1.10 bits per heavy atom. The molecule has 110 valence electrons. The molecule has 0 spiro atoms. The number of aliphatic hydroxyl groups is 1. The Balaban J connectivity index is 2.06. The second-order valence-electron chi connectivity index (χ2n) is 4.60. The summed E-state index contributed by atoms with van der Waals surface area (Å²) in [6.45, 7) is 0.721. The molecular weight excluding hydrogens is 288 g/mol. The van der Waals surface area contributed by atoms with E-state index < -0.39 is 0 Å². The van der Waals surface area contributed by atoms with Gasteiger partial charge in [-0.1, -0.05) is 48.0 Å². The van der Waals surface area contributed by atoms with Gasteiger partial charge in [-0.3, -0.25) is 4.79 Å². The van der Waals surface area contributed by atoms with Crippen molar-refractivity contribution in [3.05, 3.63) is 64.9 Å². The first-order valence-electron chi connectivity index (χ1n) is 6.77. The molecule has 0 aliphatic carbocycles. The van der Waals surface area contributed by atoms with E-state index in [1.54, 1.807) is 23.1 Å². The Morgan fingerprint density at radius 3 is 2.52 bits per heavy atom. The zero-order chi connectivity index (χ0) is 15.1. The van der Waals surface area contributed by atoms with Gasteiger partial charge in [-0.25, -0.2) is 4.98 Å². The second kappa shape index (κ2) is 7.76. The quantitative estimate of drug-likeness (QED) is 0.834. The number of halogens is 1. The van der Waals surface area contributed by atoms with Crippen LogP contribution in [0, 0.1) is 0 Å². The Bertz CT molecular complexity index is 590. The van der Waals surface area contributed by atoms with Crippen molar-refractivity contribution in [1.82, 2.24) is 9.88 Å². The molecule has 0 bridgehead atoms. The number of nitrogens with zero attached hydrogens (tertiary/aromatic N) is 2. The molecule has 5 heteroatoms. The van der Waals surface area contributed by atoms with Crippen molar-refractivity contribution in [2.24, 2.45) is 0 Å². The third-order valence-corrected chi connectivity index (χ3v) is 3.32. The van der Waals surface area contributed by atoms with Gasteiger partial charge in [-0.05, 0) is 24.1 Å². The van der Waals surface area contributed by atoms with Crippen LogP contribution in [0.2, 0.25) is 5.15 Å². The molecule has 21 heavy (non-hydrogen) atoms. The number of aliphatic hydroxyl groups excluding tert-OH is 1. The number of benzene rings is 1. The topological polar surface area (TPSA) is 53.4 Å². The van der Waals surface area contributed by atoms with Crippen molar-refractivity contribution < 1.29 is 9.90 Å². The van der Waals surface area contributed by atoms with Crippen LogP contribution < -0.4 is 0 Å². The van der Waals surface area contributed by atoms with Crippen LogP contribution in [-0.2, 0) is 6.42 Å². The lowest BCUT2D eigenvalue weighted by Crippen LogP contribution is -2.35. The molecule has 1 amide bonds. The fourth-order valence-electron chi connectivity index (χ4n) is 2.03. The molecule has 0 saturated heterocycles. The van der Waals surface area contributed by atoms with Gasteiger partial charge in [-0.15, -0.1) is 0 Å². The summed E-state index contributed by atoms with van der Waals surface area (Å²) in [4.78, 5) is 18.0. The van der Waals surface area contributed by atoms with Crippen LogP contribution in [0.1, 0.15) is 16.1 Å². The summed E-state index contributed by atoms with van der Waals surface area (Å²) in [5.74, 6) is -0.220. The molecule has 0 aliphatic rings. The van der Waals surface area contributed by atoms with E-state index in [9.17, 15) is 4.79 Å². The fourth-order valence-corrected chi connectivity index (χ4v) is 2.20. The molecule has 1 aromatic carbocycles. The highest BCUT2D eigenvalue weighted by Gasteiger charge is 2.16. The summed E-state index contributed by atoms with van der Waals surface area (Å²) < 4.78 is 0. The van der Waals surface area contributed by atoms with Crippen LogP contribution in [0.5, 0.6) is 0 Å². The van der Waals surface area contributed by atoms with E-state index in [2.05, 4.69) is 4.98 Å². The number of carbonyl (C=O) groups is 1. The number of pyridine rings is 1. The van der Waals surface area contributed by atoms with Crippen molar-refractivity contribution >= 4 is 17.5 Å². The molecule has 1 heterocycles. The van der Waals surface area contributed by atoms with Crippen molar-refractivity contribution in [2.45, 2.75) is 6.42 Å². The lowest BCUT2D eigenvalue weighted by atomic mass is 10.1. The molecule has 1 N–H and O–H groups in total. The fraction of sp³-hybridized carbons (Fsp3) is 0.250. The Hall–Kier alpha value is -1.91.